The van der Waals surface area contributed by atoms with Gasteiger partial charge in [0, 0.05) is 10.9 Å². The number of thiophene rings is 1. The van der Waals surface area contributed by atoms with Crippen LogP contribution in [-0.4, -0.2) is 41.8 Å². The van der Waals surface area contributed by atoms with E-state index in [4.69, 9.17) is 9.47 Å². The molecule has 2 bridgehead atoms. The van der Waals surface area contributed by atoms with Crippen molar-refractivity contribution in [3.63, 3.8) is 0 Å². The Kier molecular flexibility index (Phi) is 7.14. The zero-order chi connectivity index (χ0) is 23.5. The highest BCUT2D eigenvalue weighted by atomic mass is 32.1. The Morgan fingerprint density at radius 3 is 2.45 bits per heavy atom. The van der Waals surface area contributed by atoms with Crippen LogP contribution in [-0.2, 0) is 25.5 Å². The number of rotatable bonds is 9. The van der Waals surface area contributed by atoms with E-state index in [9.17, 15) is 19.5 Å². The molecule has 2 aromatic rings. The number of benzene rings is 1. The van der Waals surface area contributed by atoms with Crippen molar-refractivity contribution in [2.24, 2.45) is 11.8 Å². The third-order valence-electron chi connectivity index (χ3n) is 6.45. The van der Waals surface area contributed by atoms with Gasteiger partial charge in [-0.15, -0.1) is 11.3 Å². The second-order valence-corrected chi connectivity index (χ2v) is 9.42. The minimum absolute atomic E-state index is 0.207. The number of carbonyl (C=O) groups is 3. The minimum atomic E-state index is -1.03. The molecule has 176 valence electrons. The van der Waals surface area contributed by atoms with Gasteiger partial charge in [0.15, 0.2) is 0 Å². The molecule has 0 saturated carbocycles. The highest BCUT2D eigenvalue weighted by molar-refractivity contribution is 7.15. The van der Waals surface area contributed by atoms with Gasteiger partial charge in [0.1, 0.15) is 10.6 Å². The number of nitrogens with one attached hydrogen (secondary N) is 1. The molecule has 2 aliphatic rings. The summed E-state index contributed by atoms with van der Waals surface area (Å²) in [5.41, 5.74) is 3.09. The number of unbranched alkanes of at least 4 members (excludes halogenated alkanes) is 1. The number of amides is 1. The average Bonchev–Trinajstić information content (AvgIpc) is 3.52. The Bertz CT molecular complexity index is 1030. The van der Waals surface area contributed by atoms with Gasteiger partial charge in [-0.3, -0.25) is 9.59 Å². The molecular formula is C25H29NO6S. The third kappa shape index (κ3) is 4.68. The third-order valence-corrected chi connectivity index (χ3v) is 7.35. The van der Waals surface area contributed by atoms with Gasteiger partial charge in [-0.2, -0.15) is 0 Å². The first-order valence-corrected chi connectivity index (χ1v) is 12.4. The van der Waals surface area contributed by atoms with Crippen LogP contribution in [0.1, 0.15) is 55.5 Å². The van der Waals surface area contributed by atoms with Crippen LogP contribution in [0.15, 0.2) is 29.6 Å². The number of carboxylic acid groups (broad SMARTS) is 1. The maximum absolute atomic E-state index is 13.1. The van der Waals surface area contributed by atoms with Gasteiger partial charge in [0.05, 0.1) is 30.7 Å². The van der Waals surface area contributed by atoms with Gasteiger partial charge in [-0.05, 0) is 43.7 Å². The number of fused-ring (bicyclic) bond motifs is 2. The zero-order valence-corrected chi connectivity index (χ0v) is 19.7. The number of carbonyl (C=O) groups excluding carboxylic acids is 2. The zero-order valence-electron chi connectivity index (χ0n) is 18.8. The summed E-state index contributed by atoms with van der Waals surface area (Å²) in [6.07, 6.45) is 3.72. The van der Waals surface area contributed by atoms with Gasteiger partial charge in [0.2, 0.25) is 5.91 Å². The first-order valence-electron chi connectivity index (χ1n) is 11.5. The van der Waals surface area contributed by atoms with Crippen molar-refractivity contribution in [2.75, 3.05) is 11.9 Å². The summed E-state index contributed by atoms with van der Waals surface area (Å²) in [5, 5.41) is 14.7. The van der Waals surface area contributed by atoms with Crippen molar-refractivity contribution in [1.29, 1.82) is 0 Å². The van der Waals surface area contributed by atoms with Gasteiger partial charge >= 0.3 is 11.9 Å². The molecule has 33 heavy (non-hydrogen) atoms. The maximum atomic E-state index is 13.1. The monoisotopic (exact) mass is 471 g/mol. The first-order chi connectivity index (χ1) is 15.9. The molecule has 0 spiro atoms. The van der Waals surface area contributed by atoms with Crippen LogP contribution in [0.4, 0.5) is 5.00 Å². The lowest BCUT2D eigenvalue weighted by Crippen LogP contribution is -2.41. The summed E-state index contributed by atoms with van der Waals surface area (Å²) in [7, 11) is 0. The van der Waals surface area contributed by atoms with Crippen molar-refractivity contribution < 1.29 is 29.0 Å². The van der Waals surface area contributed by atoms with Crippen molar-refractivity contribution in [2.45, 2.75) is 58.2 Å². The van der Waals surface area contributed by atoms with Crippen molar-refractivity contribution in [1.82, 2.24) is 0 Å². The van der Waals surface area contributed by atoms with E-state index in [0.29, 0.717) is 29.0 Å². The number of aliphatic carboxylic acids is 1. The predicted molar refractivity (Wildman–Crippen MR) is 125 cm³/mol. The summed E-state index contributed by atoms with van der Waals surface area (Å²) >= 11 is 1.24. The summed E-state index contributed by atoms with van der Waals surface area (Å²) in [5.74, 6) is -3.62. The first kappa shape index (κ1) is 23.4. The van der Waals surface area contributed by atoms with E-state index in [0.717, 1.165) is 24.8 Å². The molecule has 0 aliphatic carbocycles. The summed E-state index contributed by atoms with van der Waals surface area (Å²) < 4.78 is 11.0. The standard InChI is InChI=1S/C25H29NO6S/c1-3-5-6-14-7-9-15(10-8-14)16-13-33-23(19(16)25(30)31-4-2)26-22(27)20-17-11-12-18(32-17)21(20)24(28)29/h7-10,13,17-18,20-21H,3-6,11-12H2,1-2H3,(H,26,27)(H,28,29)/t17-,18+,20+,21+/m1/s1. The molecule has 1 amide bonds. The van der Waals surface area contributed by atoms with E-state index in [1.807, 2.05) is 17.5 Å². The molecule has 0 radical (unpaired) electrons. The number of ether oxygens (including phenoxy) is 2. The van der Waals surface area contributed by atoms with E-state index in [-0.39, 0.29) is 6.61 Å². The molecule has 0 unspecified atom stereocenters. The number of esters is 1. The van der Waals surface area contributed by atoms with Crippen molar-refractivity contribution in [3.8, 4) is 11.1 Å². The SMILES string of the molecule is CCCCc1ccc(-c2csc(NC(=O)[C@@H]3[C@@H](C(=O)O)[C@@H]4CC[C@H]3O4)c2C(=O)OCC)cc1. The van der Waals surface area contributed by atoms with Crippen LogP contribution in [0, 0.1) is 11.8 Å². The number of hydrogen-bond donors (Lipinski definition) is 2. The van der Waals surface area contributed by atoms with Crippen molar-refractivity contribution in [3.05, 3.63) is 40.8 Å². The fraction of sp³-hybridized carbons (Fsp3) is 0.480. The summed E-state index contributed by atoms with van der Waals surface area (Å²) in [4.78, 5) is 37.8. The Hall–Kier alpha value is -2.71. The summed E-state index contributed by atoms with van der Waals surface area (Å²) in [6.45, 7) is 4.09. The molecule has 7 nitrogen and oxygen atoms in total. The molecule has 2 saturated heterocycles. The molecular weight excluding hydrogens is 442 g/mol. The van der Waals surface area contributed by atoms with Gasteiger partial charge in [-0.1, -0.05) is 37.6 Å². The predicted octanol–water partition coefficient (Wildman–Crippen LogP) is 4.75. The maximum Gasteiger partial charge on any atom is 0.341 e. The van der Waals surface area contributed by atoms with Gasteiger partial charge in [0.25, 0.3) is 0 Å². The quantitative estimate of drug-likeness (QED) is 0.512. The van der Waals surface area contributed by atoms with E-state index in [1.54, 1.807) is 6.92 Å². The molecule has 4 atom stereocenters. The van der Waals surface area contributed by atoms with Gasteiger partial charge in [-0.25, -0.2) is 4.79 Å². The minimum Gasteiger partial charge on any atom is -0.481 e. The largest absolute Gasteiger partial charge is 0.481 e. The second-order valence-electron chi connectivity index (χ2n) is 8.54. The topological polar surface area (TPSA) is 102 Å². The smallest absolute Gasteiger partial charge is 0.341 e. The molecule has 1 aromatic carbocycles. The van der Waals surface area contributed by atoms with Crippen LogP contribution >= 0.6 is 11.3 Å². The Morgan fingerprint density at radius 1 is 1.12 bits per heavy atom. The normalized spacial score (nSPS) is 23.5. The molecule has 2 aliphatic heterocycles. The van der Waals surface area contributed by atoms with E-state index < -0.39 is 41.9 Å². The highest BCUT2D eigenvalue weighted by Crippen LogP contribution is 2.45. The Morgan fingerprint density at radius 2 is 1.82 bits per heavy atom. The molecule has 2 fully saturated rings. The lowest BCUT2D eigenvalue weighted by atomic mass is 9.79. The fourth-order valence-electron chi connectivity index (χ4n) is 4.82. The molecule has 8 heteroatoms. The molecule has 2 N–H and O–H groups in total. The van der Waals surface area contributed by atoms with Crippen LogP contribution in [0.25, 0.3) is 11.1 Å². The number of carboxylic acids is 1. The molecule has 4 rings (SSSR count). The number of hydrogen-bond acceptors (Lipinski definition) is 6. The lowest BCUT2D eigenvalue weighted by Gasteiger charge is -2.23. The lowest BCUT2D eigenvalue weighted by molar-refractivity contribution is -0.147. The van der Waals surface area contributed by atoms with E-state index in [2.05, 4.69) is 24.4 Å². The van der Waals surface area contributed by atoms with Crippen molar-refractivity contribution >= 4 is 34.2 Å². The number of aryl methyl sites for hydroxylation is 1. The van der Waals surface area contributed by atoms with Crippen LogP contribution in [0.3, 0.4) is 0 Å². The molecule has 1 aromatic heterocycles. The Labute approximate surface area is 197 Å². The van der Waals surface area contributed by atoms with Crippen LogP contribution < -0.4 is 5.32 Å². The molecule has 3 heterocycles. The van der Waals surface area contributed by atoms with E-state index in [1.165, 1.54) is 16.9 Å². The van der Waals surface area contributed by atoms with Crippen LogP contribution in [0.5, 0.6) is 0 Å². The number of anilines is 1. The highest BCUT2D eigenvalue weighted by Gasteiger charge is 2.55. The summed E-state index contributed by atoms with van der Waals surface area (Å²) in [6, 6.07) is 8.07. The fourth-order valence-corrected chi connectivity index (χ4v) is 5.78. The Balaban J connectivity index is 1.61. The average molecular weight is 472 g/mol. The van der Waals surface area contributed by atoms with Gasteiger partial charge < -0.3 is 19.9 Å². The van der Waals surface area contributed by atoms with Crippen LogP contribution in [0.2, 0.25) is 0 Å². The van der Waals surface area contributed by atoms with E-state index >= 15 is 0 Å². The second kappa shape index (κ2) is 10.1.